The largest absolute Gasteiger partial charge is 0.123 e. The lowest BCUT2D eigenvalue weighted by Crippen LogP contribution is -1.72. The van der Waals surface area contributed by atoms with E-state index in [2.05, 4.69) is 19.1 Å². The van der Waals surface area contributed by atoms with Gasteiger partial charge < -0.3 is 0 Å². The predicted octanol–water partition coefficient (Wildman–Crippen LogP) is 4.38. The second kappa shape index (κ2) is 3.52. The van der Waals surface area contributed by atoms with Crippen LogP contribution in [0.2, 0.25) is 4.34 Å². The molecule has 0 unspecified atom stereocenters. The Kier molecular flexibility index (Phi) is 2.38. The summed E-state index contributed by atoms with van der Waals surface area (Å²) >= 11 is 7.57. The van der Waals surface area contributed by atoms with E-state index in [-0.39, 0.29) is 0 Å². The average molecular weight is 209 g/mol. The molecule has 0 radical (unpaired) electrons. The van der Waals surface area contributed by atoms with Gasteiger partial charge in [0.2, 0.25) is 0 Å². The van der Waals surface area contributed by atoms with Gasteiger partial charge in [-0.2, -0.15) is 0 Å². The van der Waals surface area contributed by atoms with Gasteiger partial charge in [-0.1, -0.05) is 41.9 Å². The average Bonchev–Trinajstić information content (AvgIpc) is 2.47. The highest BCUT2D eigenvalue weighted by Gasteiger charge is 2.05. The van der Waals surface area contributed by atoms with E-state index in [9.17, 15) is 0 Å². The lowest BCUT2D eigenvalue weighted by molar-refractivity contribution is 1.54. The molecule has 0 fully saturated rings. The Morgan fingerprint density at radius 2 is 1.85 bits per heavy atom. The molecule has 0 aliphatic rings. The molecule has 0 nitrogen and oxygen atoms in total. The van der Waals surface area contributed by atoms with Crippen molar-refractivity contribution in [2.75, 3.05) is 0 Å². The molecular weight excluding hydrogens is 200 g/mol. The number of rotatable bonds is 1. The van der Waals surface area contributed by atoms with E-state index >= 15 is 0 Å². The summed E-state index contributed by atoms with van der Waals surface area (Å²) in [5, 5.41) is 0. The summed E-state index contributed by atoms with van der Waals surface area (Å²) in [6.07, 6.45) is 0. The van der Waals surface area contributed by atoms with Crippen LogP contribution in [0, 0.1) is 6.92 Å². The maximum Gasteiger partial charge on any atom is 0.0937 e. The second-order valence-corrected chi connectivity index (χ2v) is 4.61. The number of hydrogen-bond acceptors (Lipinski definition) is 1. The Morgan fingerprint density at radius 1 is 1.15 bits per heavy atom. The molecule has 0 aliphatic carbocycles. The van der Waals surface area contributed by atoms with E-state index < -0.39 is 0 Å². The SMILES string of the molecule is Cc1cc(Cl)sc1-c1ccccc1. The van der Waals surface area contributed by atoms with Gasteiger partial charge in [0, 0.05) is 4.88 Å². The summed E-state index contributed by atoms with van der Waals surface area (Å²) < 4.78 is 0.858. The number of thiophene rings is 1. The minimum atomic E-state index is 0.858. The molecule has 0 bridgehead atoms. The molecule has 0 aliphatic heterocycles. The molecule has 1 heterocycles. The van der Waals surface area contributed by atoms with Gasteiger partial charge in [-0.3, -0.25) is 0 Å². The molecule has 66 valence electrons. The third-order valence-electron chi connectivity index (χ3n) is 1.92. The minimum Gasteiger partial charge on any atom is -0.123 e. The summed E-state index contributed by atoms with van der Waals surface area (Å²) in [5.41, 5.74) is 2.50. The summed E-state index contributed by atoms with van der Waals surface area (Å²) in [6, 6.07) is 12.3. The Hall–Kier alpha value is -0.790. The Morgan fingerprint density at radius 3 is 2.38 bits per heavy atom. The van der Waals surface area contributed by atoms with Crippen molar-refractivity contribution in [3.63, 3.8) is 0 Å². The fourth-order valence-corrected chi connectivity index (χ4v) is 2.62. The van der Waals surface area contributed by atoms with Crippen molar-refractivity contribution in [2.45, 2.75) is 6.92 Å². The summed E-state index contributed by atoms with van der Waals surface area (Å²) in [6.45, 7) is 2.09. The normalized spacial score (nSPS) is 10.3. The van der Waals surface area contributed by atoms with Crippen molar-refractivity contribution in [2.24, 2.45) is 0 Å². The van der Waals surface area contributed by atoms with E-state index in [1.54, 1.807) is 11.3 Å². The smallest absolute Gasteiger partial charge is 0.0937 e. The van der Waals surface area contributed by atoms with Gasteiger partial charge in [0.05, 0.1) is 4.34 Å². The van der Waals surface area contributed by atoms with Crippen molar-refractivity contribution < 1.29 is 0 Å². The fraction of sp³-hybridized carbons (Fsp3) is 0.0909. The molecule has 2 aromatic rings. The summed E-state index contributed by atoms with van der Waals surface area (Å²) in [5.74, 6) is 0. The zero-order chi connectivity index (χ0) is 9.26. The van der Waals surface area contributed by atoms with Crippen LogP contribution in [-0.2, 0) is 0 Å². The van der Waals surface area contributed by atoms with Crippen LogP contribution in [0.15, 0.2) is 36.4 Å². The van der Waals surface area contributed by atoms with Crippen LogP contribution in [0.1, 0.15) is 5.56 Å². The number of hydrogen-bond donors (Lipinski definition) is 0. The van der Waals surface area contributed by atoms with Gasteiger partial charge in [-0.05, 0) is 24.1 Å². The molecular formula is C11H9ClS. The third-order valence-corrected chi connectivity index (χ3v) is 3.34. The van der Waals surface area contributed by atoms with Gasteiger partial charge in [0.25, 0.3) is 0 Å². The first-order valence-electron chi connectivity index (χ1n) is 4.09. The van der Waals surface area contributed by atoms with Gasteiger partial charge in [0.15, 0.2) is 0 Å². The van der Waals surface area contributed by atoms with Crippen molar-refractivity contribution >= 4 is 22.9 Å². The third kappa shape index (κ3) is 1.77. The van der Waals surface area contributed by atoms with Crippen LogP contribution in [-0.4, -0.2) is 0 Å². The van der Waals surface area contributed by atoms with E-state index in [1.165, 1.54) is 16.0 Å². The molecule has 0 spiro atoms. The first kappa shape index (κ1) is 8.79. The Bertz CT molecular complexity index is 403. The van der Waals surface area contributed by atoms with Crippen LogP contribution >= 0.6 is 22.9 Å². The van der Waals surface area contributed by atoms with Gasteiger partial charge in [-0.25, -0.2) is 0 Å². The predicted molar refractivity (Wildman–Crippen MR) is 59.5 cm³/mol. The number of halogens is 1. The van der Waals surface area contributed by atoms with Crippen LogP contribution in [0.25, 0.3) is 10.4 Å². The van der Waals surface area contributed by atoms with E-state index in [4.69, 9.17) is 11.6 Å². The van der Waals surface area contributed by atoms with E-state index in [1.807, 2.05) is 24.3 Å². The first-order chi connectivity index (χ1) is 6.27. The molecule has 2 heteroatoms. The van der Waals surface area contributed by atoms with Crippen LogP contribution in [0.5, 0.6) is 0 Å². The first-order valence-corrected chi connectivity index (χ1v) is 5.28. The quantitative estimate of drug-likeness (QED) is 0.653. The fourth-order valence-electron chi connectivity index (χ4n) is 1.32. The summed E-state index contributed by atoms with van der Waals surface area (Å²) in [4.78, 5) is 1.27. The Balaban J connectivity index is 2.53. The molecule has 0 atom stereocenters. The highest BCUT2D eigenvalue weighted by molar-refractivity contribution is 7.19. The number of aryl methyl sites for hydroxylation is 1. The molecule has 0 saturated heterocycles. The summed E-state index contributed by atoms with van der Waals surface area (Å²) in [7, 11) is 0. The molecule has 1 aromatic heterocycles. The van der Waals surface area contributed by atoms with Gasteiger partial charge in [-0.15, -0.1) is 11.3 Å². The van der Waals surface area contributed by atoms with Crippen LogP contribution in [0.4, 0.5) is 0 Å². The minimum absolute atomic E-state index is 0.858. The zero-order valence-corrected chi connectivity index (χ0v) is 8.82. The van der Waals surface area contributed by atoms with Crippen molar-refractivity contribution in [3.8, 4) is 10.4 Å². The lowest BCUT2D eigenvalue weighted by Gasteiger charge is -1.97. The van der Waals surface area contributed by atoms with Crippen molar-refractivity contribution in [1.82, 2.24) is 0 Å². The van der Waals surface area contributed by atoms with Crippen LogP contribution in [0.3, 0.4) is 0 Å². The molecule has 0 N–H and O–H groups in total. The molecule has 2 rings (SSSR count). The van der Waals surface area contributed by atoms with E-state index in [0.717, 1.165) is 4.34 Å². The molecule has 13 heavy (non-hydrogen) atoms. The molecule has 0 amide bonds. The van der Waals surface area contributed by atoms with Crippen LogP contribution < -0.4 is 0 Å². The Labute approximate surface area is 86.8 Å². The lowest BCUT2D eigenvalue weighted by atomic mass is 10.1. The highest BCUT2D eigenvalue weighted by atomic mass is 35.5. The number of benzene rings is 1. The maximum absolute atomic E-state index is 5.93. The highest BCUT2D eigenvalue weighted by Crippen LogP contribution is 2.34. The zero-order valence-electron chi connectivity index (χ0n) is 7.25. The van der Waals surface area contributed by atoms with E-state index in [0.29, 0.717) is 0 Å². The molecule has 0 saturated carbocycles. The van der Waals surface area contributed by atoms with Gasteiger partial charge in [0.1, 0.15) is 0 Å². The van der Waals surface area contributed by atoms with Crippen molar-refractivity contribution in [3.05, 3.63) is 46.3 Å². The van der Waals surface area contributed by atoms with Crippen molar-refractivity contribution in [1.29, 1.82) is 0 Å². The maximum atomic E-state index is 5.93. The molecule has 1 aromatic carbocycles. The monoisotopic (exact) mass is 208 g/mol. The standard InChI is InChI=1S/C11H9ClS/c1-8-7-10(12)13-11(8)9-5-3-2-4-6-9/h2-7H,1H3. The topological polar surface area (TPSA) is 0 Å². The second-order valence-electron chi connectivity index (χ2n) is 2.93. The van der Waals surface area contributed by atoms with Gasteiger partial charge >= 0.3 is 0 Å².